The van der Waals surface area contributed by atoms with E-state index in [-0.39, 0.29) is 18.4 Å². The van der Waals surface area contributed by atoms with Crippen LogP contribution in [0.2, 0.25) is 0 Å². The molecule has 112 valence electrons. The minimum absolute atomic E-state index is 0.0180. The standard InChI is InChI=1S/C12H24N2O5/c1-12(2,5-7-19-3)8-13-11(18)14-9(4-6-15)10(16)17/h9,15H,4-8H2,1-3H3,(H,16,17)(H2,13,14,18). The molecule has 0 aliphatic carbocycles. The third-order valence-electron chi connectivity index (χ3n) is 2.73. The average molecular weight is 276 g/mol. The molecule has 0 saturated carbocycles. The molecule has 0 aromatic heterocycles. The van der Waals surface area contributed by atoms with Gasteiger partial charge in [-0.05, 0) is 11.8 Å². The Morgan fingerprint density at radius 2 is 2.00 bits per heavy atom. The van der Waals surface area contributed by atoms with Gasteiger partial charge < -0.3 is 25.6 Å². The molecule has 0 aromatic rings. The first-order valence-electron chi connectivity index (χ1n) is 6.19. The summed E-state index contributed by atoms with van der Waals surface area (Å²) in [6.45, 7) is 4.67. The number of aliphatic carboxylic acids is 1. The molecule has 0 fully saturated rings. The maximum Gasteiger partial charge on any atom is 0.326 e. The predicted octanol–water partition coefficient (Wildman–Crippen LogP) is 0.184. The Kier molecular flexibility index (Phi) is 8.09. The molecule has 7 heteroatoms. The molecule has 0 aliphatic heterocycles. The number of aliphatic hydroxyl groups is 1. The highest BCUT2D eigenvalue weighted by atomic mass is 16.5. The quantitative estimate of drug-likeness (QED) is 0.480. The summed E-state index contributed by atoms with van der Waals surface area (Å²) in [5.74, 6) is -1.16. The minimum Gasteiger partial charge on any atom is -0.480 e. The van der Waals surface area contributed by atoms with Crippen molar-refractivity contribution < 1.29 is 24.5 Å². The second-order valence-corrected chi connectivity index (χ2v) is 5.14. The zero-order chi connectivity index (χ0) is 14.9. The number of aliphatic hydroxyl groups excluding tert-OH is 1. The smallest absolute Gasteiger partial charge is 0.326 e. The fourth-order valence-corrected chi connectivity index (χ4v) is 1.38. The number of hydrogen-bond donors (Lipinski definition) is 4. The van der Waals surface area contributed by atoms with E-state index in [1.54, 1.807) is 7.11 Å². The van der Waals surface area contributed by atoms with Gasteiger partial charge in [0.05, 0.1) is 0 Å². The molecule has 0 saturated heterocycles. The third kappa shape index (κ3) is 8.39. The Bertz CT molecular complexity index is 294. The molecule has 0 spiro atoms. The summed E-state index contributed by atoms with van der Waals surface area (Å²) in [6, 6.07) is -1.63. The summed E-state index contributed by atoms with van der Waals surface area (Å²) in [5.41, 5.74) is -0.136. The lowest BCUT2D eigenvalue weighted by Crippen LogP contribution is -2.48. The van der Waals surface area contributed by atoms with Crippen molar-refractivity contribution in [2.24, 2.45) is 5.41 Å². The lowest BCUT2D eigenvalue weighted by Gasteiger charge is -2.25. The zero-order valence-corrected chi connectivity index (χ0v) is 11.7. The summed E-state index contributed by atoms with van der Waals surface area (Å²) < 4.78 is 4.98. The molecular weight excluding hydrogens is 252 g/mol. The normalized spacial score (nSPS) is 12.8. The number of carboxylic acids is 1. The maximum atomic E-state index is 11.6. The van der Waals surface area contributed by atoms with Crippen molar-refractivity contribution >= 4 is 12.0 Å². The average Bonchev–Trinajstić information content (AvgIpc) is 2.33. The van der Waals surface area contributed by atoms with Crippen LogP contribution in [0.25, 0.3) is 0 Å². The number of nitrogens with one attached hydrogen (secondary N) is 2. The largest absolute Gasteiger partial charge is 0.480 e. The number of rotatable bonds is 9. The van der Waals surface area contributed by atoms with Crippen LogP contribution in [0.15, 0.2) is 0 Å². The van der Waals surface area contributed by atoms with Gasteiger partial charge in [0.1, 0.15) is 6.04 Å². The lowest BCUT2D eigenvalue weighted by molar-refractivity contribution is -0.139. The van der Waals surface area contributed by atoms with Gasteiger partial charge in [-0.15, -0.1) is 0 Å². The number of amides is 2. The first-order valence-corrected chi connectivity index (χ1v) is 6.19. The monoisotopic (exact) mass is 276 g/mol. The molecule has 2 amide bonds. The Morgan fingerprint density at radius 3 is 2.47 bits per heavy atom. The zero-order valence-electron chi connectivity index (χ0n) is 11.7. The van der Waals surface area contributed by atoms with Crippen LogP contribution >= 0.6 is 0 Å². The van der Waals surface area contributed by atoms with E-state index in [0.717, 1.165) is 6.42 Å². The van der Waals surface area contributed by atoms with Crippen molar-refractivity contribution in [3.8, 4) is 0 Å². The third-order valence-corrected chi connectivity index (χ3v) is 2.73. The number of methoxy groups -OCH3 is 1. The van der Waals surface area contributed by atoms with Crippen LogP contribution in [0.4, 0.5) is 4.79 Å². The van der Waals surface area contributed by atoms with Crippen LogP contribution < -0.4 is 10.6 Å². The summed E-state index contributed by atoms with van der Waals surface area (Å²) in [6.07, 6.45) is 0.763. The first kappa shape index (κ1) is 17.7. The molecule has 1 atom stereocenters. The van der Waals surface area contributed by atoms with Crippen molar-refractivity contribution in [3.63, 3.8) is 0 Å². The summed E-state index contributed by atoms with van der Waals surface area (Å²) >= 11 is 0. The molecule has 19 heavy (non-hydrogen) atoms. The highest BCUT2D eigenvalue weighted by molar-refractivity contribution is 5.82. The summed E-state index contributed by atoms with van der Waals surface area (Å²) in [4.78, 5) is 22.4. The molecule has 0 bridgehead atoms. The van der Waals surface area contributed by atoms with Gasteiger partial charge in [0.2, 0.25) is 0 Å². The number of urea groups is 1. The maximum absolute atomic E-state index is 11.6. The molecule has 0 aliphatic rings. The van der Waals surface area contributed by atoms with Crippen LogP contribution in [-0.4, -0.2) is 55.1 Å². The van der Waals surface area contributed by atoms with Crippen molar-refractivity contribution in [2.75, 3.05) is 26.9 Å². The Hall–Kier alpha value is -1.34. The molecule has 1 unspecified atom stereocenters. The van der Waals surface area contributed by atoms with Gasteiger partial charge in [-0.25, -0.2) is 9.59 Å². The van der Waals surface area contributed by atoms with Crippen molar-refractivity contribution in [1.29, 1.82) is 0 Å². The van der Waals surface area contributed by atoms with Gasteiger partial charge in [0, 0.05) is 33.3 Å². The fraction of sp³-hybridized carbons (Fsp3) is 0.833. The van der Waals surface area contributed by atoms with Crippen LogP contribution in [0.3, 0.4) is 0 Å². The predicted molar refractivity (Wildman–Crippen MR) is 69.9 cm³/mol. The molecule has 7 nitrogen and oxygen atoms in total. The fourth-order valence-electron chi connectivity index (χ4n) is 1.38. The second kappa shape index (κ2) is 8.71. The Labute approximate surface area is 113 Å². The second-order valence-electron chi connectivity index (χ2n) is 5.14. The molecule has 0 aromatic carbocycles. The summed E-state index contributed by atoms with van der Waals surface area (Å²) in [7, 11) is 1.61. The van der Waals surface area contributed by atoms with Gasteiger partial charge in [0.15, 0.2) is 0 Å². The van der Waals surface area contributed by atoms with Crippen molar-refractivity contribution in [2.45, 2.75) is 32.7 Å². The Balaban J connectivity index is 4.12. The number of carbonyl (C=O) groups is 2. The number of carboxylic acid groups (broad SMARTS) is 1. The van der Waals surface area contributed by atoms with Crippen LogP contribution in [0.1, 0.15) is 26.7 Å². The highest BCUT2D eigenvalue weighted by Gasteiger charge is 2.22. The van der Waals surface area contributed by atoms with Gasteiger partial charge >= 0.3 is 12.0 Å². The first-order chi connectivity index (χ1) is 8.82. The number of carbonyl (C=O) groups excluding carboxylic acids is 1. The van der Waals surface area contributed by atoms with E-state index in [1.165, 1.54) is 0 Å². The summed E-state index contributed by atoms with van der Waals surface area (Å²) in [5, 5.41) is 22.5. The van der Waals surface area contributed by atoms with Gasteiger partial charge in [-0.2, -0.15) is 0 Å². The van der Waals surface area contributed by atoms with Crippen molar-refractivity contribution in [3.05, 3.63) is 0 Å². The number of ether oxygens (including phenoxy) is 1. The molecular formula is C12H24N2O5. The molecule has 0 heterocycles. The van der Waals surface area contributed by atoms with E-state index in [2.05, 4.69) is 10.6 Å². The van der Waals surface area contributed by atoms with Crippen LogP contribution in [0.5, 0.6) is 0 Å². The van der Waals surface area contributed by atoms with Crippen LogP contribution in [-0.2, 0) is 9.53 Å². The molecule has 0 rings (SSSR count). The van der Waals surface area contributed by atoms with Gasteiger partial charge in [-0.3, -0.25) is 0 Å². The van der Waals surface area contributed by atoms with E-state index in [0.29, 0.717) is 13.2 Å². The van der Waals surface area contributed by atoms with Crippen molar-refractivity contribution in [1.82, 2.24) is 10.6 Å². The topological polar surface area (TPSA) is 108 Å². The van der Waals surface area contributed by atoms with Crippen LogP contribution in [0, 0.1) is 5.41 Å². The SMILES string of the molecule is COCCC(C)(C)CNC(=O)NC(CCO)C(=O)O. The van der Waals surface area contributed by atoms with E-state index < -0.39 is 18.0 Å². The molecule has 0 radical (unpaired) electrons. The van der Waals surface area contributed by atoms with Gasteiger partial charge in [-0.1, -0.05) is 13.8 Å². The van der Waals surface area contributed by atoms with E-state index in [4.69, 9.17) is 14.9 Å². The minimum atomic E-state index is -1.16. The van der Waals surface area contributed by atoms with E-state index >= 15 is 0 Å². The van der Waals surface area contributed by atoms with Gasteiger partial charge in [0.25, 0.3) is 0 Å². The van der Waals surface area contributed by atoms with E-state index in [1.807, 2.05) is 13.8 Å². The molecule has 4 N–H and O–H groups in total. The van der Waals surface area contributed by atoms with E-state index in [9.17, 15) is 9.59 Å². The number of hydrogen-bond acceptors (Lipinski definition) is 4. The highest BCUT2D eigenvalue weighted by Crippen LogP contribution is 2.18. The lowest BCUT2D eigenvalue weighted by atomic mass is 9.90. The Morgan fingerprint density at radius 1 is 1.37 bits per heavy atom.